The third kappa shape index (κ3) is 3.40. The van der Waals surface area contributed by atoms with Gasteiger partial charge in [-0.15, -0.1) is 0 Å². The second-order valence-corrected chi connectivity index (χ2v) is 11.6. The number of aliphatic hydroxyl groups is 1. The highest BCUT2D eigenvalue weighted by Crippen LogP contribution is 2.64. The van der Waals surface area contributed by atoms with Gasteiger partial charge in [0.2, 0.25) is 0 Å². The Hall–Kier alpha value is -4.48. The average Bonchev–Trinajstić information content (AvgIpc) is 3.23. The van der Waals surface area contributed by atoms with Gasteiger partial charge in [-0.2, -0.15) is 0 Å². The average molecular weight is 559 g/mol. The standard InChI is InChI=1S/C37H34O5/c1-35-32-20-21-37(23-10-14-25(39-3)15-11-23,24-12-16-26(40-4)17-13-24)42-34(32)30-22-27(41-5)18-19-28(30)33(35)29-8-6-7-9-31(29)36(35,2)38/h6-22,32,38H,1-5H3. The van der Waals surface area contributed by atoms with Crippen LogP contribution < -0.4 is 24.6 Å². The fourth-order valence-corrected chi connectivity index (χ4v) is 7.31. The van der Waals surface area contributed by atoms with Crippen molar-refractivity contribution in [1.82, 2.24) is 0 Å². The van der Waals surface area contributed by atoms with Crippen molar-refractivity contribution in [1.29, 1.82) is 0 Å². The summed E-state index contributed by atoms with van der Waals surface area (Å²) in [6, 6.07) is 30.4. The summed E-state index contributed by atoms with van der Waals surface area (Å²) in [7, 11) is 5.01. The lowest BCUT2D eigenvalue weighted by molar-refractivity contribution is -0.0500. The minimum absolute atomic E-state index is 0.237. The normalized spacial score (nSPS) is 24.6. The van der Waals surface area contributed by atoms with Crippen molar-refractivity contribution in [3.63, 3.8) is 0 Å². The number of fused-ring (bicyclic) bond motifs is 6. The molecule has 0 aromatic heterocycles. The van der Waals surface area contributed by atoms with Gasteiger partial charge in [0.25, 0.3) is 0 Å². The van der Waals surface area contributed by atoms with E-state index in [1.165, 1.54) is 0 Å². The van der Waals surface area contributed by atoms with Crippen LogP contribution in [0.25, 0.3) is 11.3 Å². The summed E-state index contributed by atoms with van der Waals surface area (Å²) in [6.07, 6.45) is 4.38. The molecule has 0 bridgehead atoms. The summed E-state index contributed by atoms with van der Waals surface area (Å²) in [5.41, 5.74) is 2.30. The van der Waals surface area contributed by atoms with E-state index in [2.05, 4.69) is 37.3 Å². The molecule has 42 heavy (non-hydrogen) atoms. The largest absolute Gasteiger partial charge is 0.497 e. The van der Waals surface area contributed by atoms with E-state index in [9.17, 15) is 5.11 Å². The summed E-state index contributed by atoms with van der Waals surface area (Å²) in [5, 5.41) is 14.4. The lowest BCUT2D eigenvalue weighted by Crippen LogP contribution is -2.53. The summed E-state index contributed by atoms with van der Waals surface area (Å²) in [6.45, 7) is 4.11. The molecule has 2 aliphatic carbocycles. The first-order valence-corrected chi connectivity index (χ1v) is 14.2. The van der Waals surface area contributed by atoms with Gasteiger partial charge in [-0.3, -0.25) is 0 Å². The van der Waals surface area contributed by atoms with Crippen LogP contribution in [0.5, 0.6) is 17.2 Å². The summed E-state index contributed by atoms with van der Waals surface area (Å²) in [4.78, 5) is 0. The van der Waals surface area contributed by atoms with E-state index in [4.69, 9.17) is 18.9 Å². The van der Waals surface area contributed by atoms with Gasteiger partial charge in [-0.1, -0.05) is 67.6 Å². The Morgan fingerprint density at radius 3 is 1.86 bits per heavy atom. The van der Waals surface area contributed by atoms with Crippen molar-refractivity contribution in [3.8, 4) is 17.2 Å². The first kappa shape index (κ1) is 26.4. The second-order valence-electron chi connectivity index (χ2n) is 11.6. The Labute approximate surface area is 246 Å². The fourth-order valence-electron chi connectivity index (χ4n) is 7.31. The molecule has 1 heterocycles. The van der Waals surface area contributed by atoms with Gasteiger partial charge in [0, 0.05) is 27.7 Å². The number of hydrogen-bond donors (Lipinski definition) is 1. The van der Waals surface area contributed by atoms with Gasteiger partial charge >= 0.3 is 0 Å². The zero-order valence-electron chi connectivity index (χ0n) is 24.5. The van der Waals surface area contributed by atoms with Crippen LogP contribution in [0.2, 0.25) is 0 Å². The number of methoxy groups -OCH3 is 3. The molecule has 7 rings (SSSR count). The maximum Gasteiger partial charge on any atom is 0.177 e. The molecular weight excluding hydrogens is 524 g/mol. The summed E-state index contributed by atoms with van der Waals surface area (Å²) in [5.74, 6) is 2.86. The molecule has 0 radical (unpaired) electrons. The summed E-state index contributed by atoms with van der Waals surface area (Å²) >= 11 is 0. The van der Waals surface area contributed by atoms with Gasteiger partial charge in [-0.05, 0) is 71.3 Å². The quantitative estimate of drug-likeness (QED) is 0.332. The summed E-state index contributed by atoms with van der Waals surface area (Å²) < 4.78 is 24.0. The van der Waals surface area contributed by atoms with Crippen LogP contribution in [0.4, 0.5) is 0 Å². The van der Waals surface area contributed by atoms with Crippen molar-refractivity contribution in [3.05, 3.63) is 136 Å². The maximum absolute atomic E-state index is 12.4. The molecule has 4 aromatic carbocycles. The van der Waals surface area contributed by atoms with Crippen LogP contribution in [0.1, 0.15) is 36.1 Å². The minimum Gasteiger partial charge on any atom is -0.497 e. The highest BCUT2D eigenvalue weighted by molar-refractivity contribution is 5.84. The molecule has 1 N–H and O–H groups in total. The molecule has 1 aliphatic heterocycles. The molecule has 3 atom stereocenters. The minimum atomic E-state index is -1.14. The lowest BCUT2D eigenvalue weighted by atomic mass is 9.60. The number of rotatable bonds is 5. The molecule has 3 unspecified atom stereocenters. The van der Waals surface area contributed by atoms with E-state index in [-0.39, 0.29) is 5.92 Å². The van der Waals surface area contributed by atoms with Gasteiger partial charge < -0.3 is 24.1 Å². The van der Waals surface area contributed by atoms with Crippen LogP contribution in [-0.2, 0) is 15.9 Å². The molecule has 0 saturated heterocycles. The molecule has 5 heteroatoms. The van der Waals surface area contributed by atoms with E-state index in [1.54, 1.807) is 21.3 Å². The van der Waals surface area contributed by atoms with Crippen molar-refractivity contribution in [2.45, 2.75) is 25.0 Å². The van der Waals surface area contributed by atoms with Gasteiger partial charge in [-0.25, -0.2) is 0 Å². The number of hydrogen-bond acceptors (Lipinski definition) is 5. The SMILES string of the molecule is COc1ccc(C2(c3ccc(OC)cc3)C=CC3C(=c4cc(OC)ccc4=C4c5ccccc5C(C)(O)C43C)O2)cc1. The molecule has 5 nitrogen and oxygen atoms in total. The van der Waals surface area contributed by atoms with E-state index < -0.39 is 16.6 Å². The van der Waals surface area contributed by atoms with E-state index in [0.717, 1.165) is 61.3 Å². The van der Waals surface area contributed by atoms with Crippen LogP contribution in [0.3, 0.4) is 0 Å². The monoisotopic (exact) mass is 558 g/mol. The Morgan fingerprint density at radius 1 is 0.690 bits per heavy atom. The first-order valence-electron chi connectivity index (χ1n) is 14.2. The number of benzene rings is 4. The highest BCUT2D eigenvalue weighted by Gasteiger charge is 2.61. The maximum atomic E-state index is 12.4. The van der Waals surface area contributed by atoms with Crippen molar-refractivity contribution in [2.75, 3.05) is 21.3 Å². The van der Waals surface area contributed by atoms with Gasteiger partial charge in [0.15, 0.2) is 5.60 Å². The second kappa shape index (κ2) is 9.27. The Bertz CT molecular complexity index is 1800. The van der Waals surface area contributed by atoms with Crippen molar-refractivity contribution >= 4 is 11.3 Å². The zero-order valence-corrected chi connectivity index (χ0v) is 24.5. The van der Waals surface area contributed by atoms with Gasteiger partial charge in [0.05, 0.1) is 26.9 Å². The molecular formula is C37H34O5. The first-order chi connectivity index (χ1) is 20.3. The van der Waals surface area contributed by atoms with Crippen molar-refractivity contribution in [2.24, 2.45) is 11.3 Å². The molecule has 0 amide bonds. The van der Waals surface area contributed by atoms with E-state index >= 15 is 0 Å². The van der Waals surface area contributed by atoms with Crippen molar-refractivity contribution < 1.29 is 24.1 Å². The van der Waals surface area contributed by atoms with Crippen LogP contribution >= 0.6 is 0 Å². The van der Waals surface area contributed by atoms with Crippen LogP contribution in [0, 0.1) is 11.3 Å². The van der Waals surface area contributed by atoms with Gasteiger partial charge in [0.1, 0.15) is 23.0 Å². The Kier molecular flexibility index (Phi) is 5.83. The zero-order chi connectivity index (χ0) is 29.3. The third-order valence-corrected chi connectivity index (χ3v) is 9.75. The molecule has 0 spiro atoms. The predicted octanol–water partition coefficient (Wildman–Crippen LogP) is 5.41. The predicted molar refractivity (Wildman–Crippen MR) is 163 cm³/mol. The van der Waals surface area contributed by atoms with Crippen LogP contribution in [0.15, 0.2) is 103 Å². The highest BCUT2D eigenvalue weighted by atomic mass is 16.5. The smallest absolute Gasteiger partial charge is 0.177 e. The Balaban J connectivity index is 1.57. The fraction of sp³-hybridized carbons (Fsp3) is 0.243. The molecule has 4 aromatic rings. The topological polar surface area (TPSA) is 57.2 Å². The Morgan fingerprint density at radius 2 is 1.26 bits per heavy atom. The molecule has 3 aliphatic rings. The molecule has 0 fully saturated rings. The van der Waals surface area contributed by atoms with Crippen LogP contribution in [-0.4, -0.2) is 26.4 Å². The number of ether oxygens (including phenoxy) is 4. The lowest BCUT2D eigenvalue weighted by Gasteiger charge is -2.50. The third-order valence-electron chi connectivity index (χ3n) is 9.75. The molecule has 212 valence electrons. The van der Waals surface area contributed by atoms with E-state index in [0.29, 0.717) is 0 Å². The van der Waals surface area contributed by atoms with E-state index in [1.807, 2.05) is 79.7 Å². The molecule has 0 saturated carbocycles.